The Morgan fingerprint density at radius 2 is 1.72 bits per heavy atom. The van der Waals surface area contributed by atoms with Crippen molar-refractivity contribution < 1.29 is 16.8 Å². The highest BCUT2D eigenvalue weighted by Crippen LogP contribution is 2.31. The zero-order chi connectivity index (χ0) is 14.4. The van der Waals surface area contributed by atoms with Crippen LogP contribution in [-0.2, 0) is 19.1 Å². The van der Waals surface area contributed by atoms with Crippen LogP contribution in [0.15, 0.2) is 4.21 Å². The Morgan fingerprint density at radius 3 is 2.06 bits per heavy atom. The van der Waals surface area contributed by atoms with Crippen LogP contribution >= 0.6 is 22.0 Å². The van der Waals surface area contributed by atoms with Crippen LogP contribution in [0.4, 0.5) is 5.13 Å². The van der Waals surface area contributed by atoms with Crippen molar-refractivity contribution in [3.63, 3.8) is 0 Å². The second-order valence-electron chi connectivity index (χ2n) is 4.55. The van der Waals surface area contributed by atoms with Gasteiger partial charge in [-0.25, -0.2) is 21.8 Å². The third-order valence-electron chi connectivity index (χ3n) is 2.00. The third kappa shape index (κ3) is 3.34. The van der Waals surface area contributed by atoms with Gasteiger partial charge >= 0.3 is 0 Å². The van der Waals surface area contributed by atoms with Gasteiger partial charge in [0.15, 0.2) is 9.34 Å². The fourth-order valence-electron chi connectivity index (χ4n) is 0.920. The monoisotopic (exact) mass is 332 g/mol. The number of rotatable bonds is 3. The number of aryl methyl sites for hydroxylation is 1. The van der Waals surface area contributed by atoms with Crippen molar-refractivity contribution in [3.8, 4) is 0 Å². The molecule has 1 aromatic rings. The molecule has 0 aromatic carbocycles. The number of nitrogens with zero attached hydrogens (tertiary/aromatic N) is 1. The Balaban J connectivity index is 3.18. The lowest BCUT2D eigenvalue weighted by atomic mass is 10.3. The molecular formula is C8H13ClN2O4S3. The second-order valence-corrected chi connectivity index (χ2v) is 10.7. The molecular weight excluding hydrogens is 320 g/mol. The molecule has 0 aliphatic rings. The SMILES string of the molecule is Cc1nc(NS(=O)(=O)C(C)(C)C)sc1S(=O)(=O)Cl. The first-order valence-corrected chi connectivity index (χ1v) is 9.40. The van der Waals surface area contributed by atoms with E-state index in [0.29, 0.717) is 11.3 Å². The first kappa shape index (κ1) is 15.7. The molecule has 0 atom stereocenters. The Kier molecular flexibility index (Phi) is 4.03. The summed E-state index contributed by atoms with van der Waals surface area (Å²) in [5, 5.41) is -0.0124. The average molecular weight is 333 g/mol. The van der Waals surface area contributed by atoms with Crippen molar-refractivity contribution in [2.75, 3.05) is 4.72 Å². The third-order valence-corrected chi connectivity index (χ3v) is 7.46. The van der Waals surface area contributed by atoms with Gasteiger partial charge in [-0.2, -0.15) is 0 Å². The zero-order valence-corrected chi connectivity index (χ0v) is 13.4. The number of hydrogen-bond acceptors (Lipinski definition) is 6. The molecule has 0 saturated carbocycles. The highest BCUT2D eigenvalue weighted by molar-refractivity contribution is 8.15. The Hall–Kier alpha value is -0.380. The average Bonchev–Trinajstić information content (AvgIpc) is 2.42. The molecule has 0 radical (unpaired) electrons. The number of halogens is 1. The maximum absolute atomic E-state index is 11.9. The van der Waals surface area contributed by atoms with Crippen molar-refractivity contribution in [3.05, 3.63) is 5.69 Å². The molecule has 0 aliphatic carbocycles. The van der Waals surface area contributed by atoms with Crippen molar-refractivity contribution in [2.45, 2.75) is 36.7 Å². The molecule has 0 bridgehead atoms. The van der Waals surface area contributed by atoms with Crippen LogP contribution in [0.5, 0.6) is 0 Å². The van der Waals surface area contributed by atoms with Gasteiger partial charge in [-0.15, -0.1) is 0 Å². The summed E-state index contributed by atoms with van der Waals surface area (Å²) in [6, 6.07) is 0. The zero-order valence-electron chi connectivity index (χ0n) is 10.2. The van der Waals surface area contributed by atoms with E-state index >= 15 is 0 Å². The first-order valence-electron chi connectivity index (χ1n) is 4.79. The number of sulfonamides is 1. The van der Waals surface area contributed by atoms with Gasteiger partial charge in [0.1, 0.15) is 0 Å². The van der Waals surface area contributed by atoms with E-state index in [2.05, 4.69) is 9.71 Å². The fourth-order valence-corrected chi connectivity index (χ4v) is 4.20. The highest BCUT2D eigenvalue weighted by atomic mass is 35.7. The first-order chi connectivity index (χ1) is 7.84. The minimum absolute atomic E-state index is 0.0124. The highest BCUT2D eigenvalue weighted by Gasteiger charge is 2.30. The molecule has 10 heteroatoms. The molecule has 0 amide bonds. The number of anilines is 1. The second kappa shape index (κ2) is 4.62. The van der Waals surface area contributed by atoms with E-state index in [1.54, 1.807) is 0 Å². The van der Waals surface area contributed by atoms with Crippen LogP contribution in [0.1, 0.15) is 26.5 Å². The predicted molar refractivity (Wildman–Crippen MR) is 72.2 cm³/mol. The van der Waals surface area contributed by atoms with Crippen LogP contribution in [-0.4, -0.2) is 26.6 Å². The maximum Gasteiger partial charge on any atom is 0.272 e. The van der Waals surface area contributed by atoms with E-state index in [4.69, 9.17) is 10.7 Å². The number of thiazole rings is 1. The number of aromatic nitrogens is 1. The summed E-state index contributed by atoms with van der Waals surface area (Å²) in [7, 11) is -2.35. The summed E-state index contributed by atoms with van der Waals surface area (Å²) in [4.78, 5) is 3.84. The predicted octanol–water partition coefficient (Wildman–Crippen LogP) is 1.92. The molecule has 18 heavy (non-hydrogen) atoms. The molecule has 0 unspecified atom stereocenters. The molecule has 1 rings (SSSR count). The van der Waals surface area contributed by atoms with E-state index < -0.39 is 23.8 Å². The van der Waals surface area contributed by atoms with E-state index in [1.807, 2.05) is 0 Å². The summed E-state index contributed by atoms with van der Waals surface area (Å²) < 4.78 is 47.2. The van der Waals surface area contributed by atoms with Crippen LogP contribution in [0.2, 0.25) is 0 Å². The van der Waals surface area contributed by atoms with Gasteiger partial charge in [0.2, 0.25) is 10.0 Å². The number of nitrogens with one attached hydrogen (secondary N) is 1. The molecule has 1 heterocycles. The van der Waals surface area contributed by atoms with E-state index in [0.717, 1.165) is 0 Å². The van der Waals surface area contributed by atoms with Crippen LogP contribution < -0.4 is 4.72 Å². The van der Waals surface area contributed by atoms with E-state index in [1.165, 1.54) is 27.7 Å². The Morgan fingerprint density at radius 1 is 1.22 bits per heavy atom. The standard InChI is InChI=1S/C8H13ClN2O4S3/c1-5-6(17(9,12)13)16-7(10-5)11-18(14,15)8(2,3)4/h1-4H3,(H,10,11). The minimum atomic E-state index is -3.91. The lowest BCUT2D eigenvalue weighted by molar-refractivity contribution is 0.566. The lowest BCUT2D eigenvalue weighted by Crippen LogP contribution is -2.33. The summed E-state index contributed by atoms with van der Waals surface area (Å²) in [6.07, 6.45) is 0. The van der Waals surface area contributed by atoms with Gasteiger partial charge in [-0.05, 0) is 27.7 Å². The smallest absolute Gasteiger partial charge is 0.258 e. The van der Waals surface area contributed by atoms with E-state index in [9.17, 15) is 16.8 Å². The van der Waals surface area contributed by atoms with Crippen molar-refractivity contribution in [1.82, 2.24) is 4.98 Å². The molecule has 1 aromatic heterocycles. The van der Waals surface area contributed by atoms with Crippen molar-refractivity contribution >= 4 is 46.2 Å². The topological polar surface area (TPSA) is 93.2 Å². The molecule has 0 spiro atoms. The Bertz CT molecular complexity index is 655. The van der Waals surface area contributed by atoms with Crippen LogP contribution in [0.25, 0.3) is 0 Å². The molecule has 0 aliphatic heterocycles. The summed E-state index contributed by atoms with van der Waals surface area (Å²) >= 11 is 0.688. The lowest BCUT2D eigenvalue weighted by Gasteiger charge is -2.18. The van der Waals surface area contributed by atoms with Gasteiger partial charge in [0.25, 0.3) is 9.05 Å². The van der Waals surface area contributed by atoms with Gasteiger partial charge in [-0.1, -0.05) is 11.3 Å². The normalized spacial score (nSPS) is 13.6. The molecule has 104 valence electrons. The summed E-state index contributed by atoms with van der Waals surface area (Å²) in [5.41, 5.74) is 0.168. The fraction of sp³-hybridized carbons (Fsp3) is 0.625. The van der Waals surface area contributed by atoms with Crippen LogP contribution in [0, 0.1) is 6.92 Å². The van der Waals surface area contributed by atoms with E-state index in [-0.39, 0.29) is 15.0 Å². The molecule has 0 saturated heterocycles. The summed E-state index contributed by atoms with van der Waals surface area (Å²) in [5.74, 6) is 0. The van der Waals surface area contributed by atoms with Gasteiger partial charge in [0.05, 0.1) is 10.4 Å². The van der Waals surface area contributed by atoms with Crippen molar-refractivity contribution in [2.24, 2.45) is 0 Å². The Labute approximate surface area is 115 Å². The largest absolute Gasteiger partial charge is 0.272 e. The van der Waals surface area contributed by atoms with Gasteiger partial charge < -0.3 is 0 Å². The van der Waals surface area contributed by atoms with Gasteiger partial charge in [0, 0.05) is 10.7 Å². The summed E-state index contributed by atoms with van der Waals surface area (Å²) in [6.45, 7) is 6.01. The molecule has 0 fully saturated rings. The molecule has 1 N–H and O–H groups in total. The van der Waals surface area contributed by atoms with Crippen LogP contribution in [0.3, 0.4) is 0 Å². The number of hydrogen-bond donors (Lipinski definition) is 1. The molecule has 6 nitrogen and oxygen atoms in total. The van der Waals surface area contributed by atoms with Gasteiger partial charge in [-0.3, -0.25) is 4.72 Å². The minimum Gasteiger partial charge on any atom is -0.258 e. The van der Waals surface area contributed by atoms with Crippen molar-refractivity contribution in [1.29, 1.82) is 0 Å². The quantitative estimate of drug-likeness (QED) is 0.853. The maximum atomic E-state index is 11.9.